The first-order chi connectivity index (χ1) is 9.15. The number of anilines is 1. The maximum atomic E-state index is 11.6. The van der Waals surface area contributed by atoms with Gasteiger partial charge >= 0.3 is 12.0 Å². The van der Waals surface area contributed by atoms with Gasteiger partial charge in [0.1, 0.15) is 0 Å². The zero-order chi connectivity index (χ0) is 13.7. The maximum absolute atomic E-state index is 11.6. The van der Waals surface area contributed by atoms with Crippen LogP contribution in [0.2, 0.25) is 0 Å². The number of amides is 2. The number of aromatic carboxylic acids is 1. The van der Waals surface area contributed by atoms with E-state index in [9.17, 15) is 9.59 Å². The molecule has 1 aromatic heterocycles. The zero-order valence-corrected chi connectivity index (χ0v) is 10.7. The van der Waals surface area contributed by atoms with Crippen molar-refractivity contribution in [1.82, 2.24) is 5.32 Å². The Labute approximate surface area is 113 Å². The molecule has 98 valence electrons. The number of hydrogen-bond donors (Lipinski definition) is 3. The van der Waals surface area contributed by atoms with Crippen molar-refractivity contribution >= 4 is 29.0 Å². The van der Waals surface area contributed by atoms with E-state index in [0.29, 0.717) is 12.2 Å². The summed E-state index contributed by atoms with van der Waals surface area (Å²) >= 11 is 1.56. The minimum absolute atomic E-state index is 0.135. The third kappa shape index (κ3) is 3.82. The molecule has 1 aromatic carbocycles. The summed E-state index contributed by atoms with van der Waals surface area (Å²) in [7, 11) is 0. The van der Waals surface area contributed by atoms with Crippen LogP contribution in [-0.4, -0.2) is 17.1 Å². The average Bonchev–Trinajstić information content (AvgIpc) is 2.90. The van der Waals surface area contributed by atoms with Crippen LogP contribution in [0.4, 0.5) is 10.5 Å². The molecule has 2 rings (SSSR count). The zero-order valence-electron chi connectivity index (χ0n) is 9.92. The molecule has 2 amide bonds. The maximum Gasteiger partial charge on any atom is 0.335 e. The molecule has 3 N–H and O–H groups in total. The Morgan fingerprint density at radius 3 is 2.79 bits per heavy atom. The Hall–Kier alpha value is -2.34. The quantitative estimate of drug-likeness (QED) is 0.803. The third-order valence-electron chi connectivity index (χ3n) is 2.40. The highest BCUT2D eigenvalue weighted by atomic mass is 32.1. The van der Waals surface area contributed by atoms with Gasteiger partial charge in [-0.25, -0.2) is 9.59 Å². The summed E-state index contributed by atoms with van der Waals surface area (Å²) in [5.74, 6) is -1.03. The van der Waals surface area contributed by atoms with Crippen molar-refractivity contribution < 1.29 is 14.7 Å². The summed E-state index contributed by atoms with van der Waals surface area (Å²) in [6.07, 6.45) is 0. The Bertz CT molecular complexity index is 581. The summed E-state index contributed by atoms with van der Waals surface area (Å²) in [5.41, 5.74) is 1.61. The van der Waals surface area contributed by atoms with Crippen LogP contribution < -0.4 is 10.6 Å². The Morgan fingerprint density at radius 1 is 1.26 bits per heavy atom. The van der Waals surface area contributed by atoms with E-state index in [1.807, 2.05) is 16.8 Å². The molecule has 0 atom stereocenters. The first-order valence-electron chi connectivity index (χ1n) is 5.54. The number of urea groups is 1. The number of thiophene rings is 1. The van der Waals surface area contributed by atoms with Gasteiger partial charge in [-0.05, 0) is 40.6 Å². The summed E-state index contributed by atoms with van der Waals surface area (Å²) in [6, 6.07) is 7.65. The Balaban J connectivity index is 1.91. The molecule has 19 heavy (non-hydrogen) atoms. The van der Waals surface area contributed by atoms with Crippen molar-refractivity contribution in [3.63, 3.8) is 0 Å². The van der Waals surface area contributed by atoms with E-state index in [1.165, 1.54) is 12.1 Å². The lowest BCUT2D eigenvalue weighted by Crippen LogP contribution is -2.28. The first-order valence-corrected chi connectivity index (χ1v) is 6.49. The Kier molecular flexibility index (Phi) is 4.15. The fourth-order valence-electron chi connectivity index (χ4n) is 1.48. The molecule has 5 nitrogen and oxygen atoms in total. The van der Waals surface area contributed by atoms with E-state index < -0.39 is 5.97 Å². The smallest absolute Gasteiger partial charge is 0.335 e. The van der Waals surface area contributed by atoms with Gasteiger partial charge in [-0.3, -0.25) is 0 Å². The highest BCUT2D eigenvalue weighted by Gasteiger charge is 2.05. The summed E-state index contributed by atoms with van der Waals surface area (Å²) in [5, 5.41) is 18.0. The minimum atomic E-state index is -1.03. The van der Waals surface area contributed by atoms with Gasteiger partial charge in [-0.2, -0.15) is 11.3 Å². The fraction of sp³-hybridized carbons (Fsp3) is 0.0769. The largest absolute Gasteiger partial charge is 0.478 e. The second kappa shape index (κ2) is 6.01. The van der Waals surface area contributed by atoms with Crippen LogP contribution in [0.15, 0.2) is 41.1 Å². The van der Waals surface area contributed by atoms with Gasteiger partial charge in [0.25, 0.3) is 0 Å². The number of nitrogens with one attached hydrogen (secondary N) is 2. The van der Waals surface area contributed by atoms with Gasteiger partial charge in [0.2, 0.25) is 0 Å². The molecule has 0 fully saturated rings. The van der Waals surface area contributed by atoms with Gasteiger partial charge in [0, 0.05) is 12.2 Å². The topological polar surface area (TPSA) is 78.4 Å². The minimum Gasteiger partial charge on any atom is -0.478 e. The SMILES string of the molecule is O=C(NCc1ccsc1)Nc1cccc(C(=O)O)c1. The molecule has 0 saturated heterocycles. The summed E-state index contributed by atoms with van der Waals surface area (Å²) < 4.78 is 0. The molecule has 0 spiro atoms. The Morgan fingerprint density at radius 2 is 2.11 bits per heavy atom. The monoisotopic (exact) mass is 276 g/mol. The van der Waals surface area contributed by atoms with Crippen molar-refractivity contribution in [1.29, 1.82) is 0 Å². The molecule has 0 aliphatic carbocycles. The second-order valence-electron chi connectivity index (χ2n) is 3.83. The van der Waals surface area contributed by atoms with Crippen LogP contribution in [0.1, 0.15) is 15.9 Å². The van der Waals surface area contributed by atoms with Crippen molar-refractivity contribution in [2.45, 2.75) is 6.54 Å². The molecule has 0 radical (unpaired) electrons. The lowest BCUT2D eigenvalue weighted by atomic mass is 10.2. The molecule has 0 saturated carbocycles. The average molecular weight is 276 g/mol. The van der Waals surface area contributed by atoms with Gasteiger partial charge < -0.3 is 15.7 Å². The molecular formula is C13H12N2O3S. The van der Waals surface area contributed by atoms with Crippen molar-refractivity contribution in [3.05, 3.63) is 52.2 Å². The van der Waals surface area contributed by atoms with Crippen LogP contribution in [0, 0.1) is 0 Å². The number of carboxylic acid groups (broad SMARTS) is 1. The number of carboxylic acids is 1. The van der Waals surface area contributed by atoms with Gasteiger partial charge in [0.15, 0.2) is 0 Å². The number of carbonyl (C=O) groups is 2. The third-order valence-corrected chi connectivity index (χ3v) is 3.13. The van der Waals surface area contributed by atoms with Gasteiger partial charge in [-0.1, -0.05) is 6.07 Å². The molecule has 1 heterocycles. The lowest BCUT2D eigenvalue weighted by Gasteiger charge is -2.07. The molecule has 0 aliphatic heterocycles. The fourth-order valence-corrected chi connectivity index (χ4v) is 2.15. The van der Waals surface area contributed by atoms with Gasteiger partial charge in [0.05, 0.1) is 5.56 Å². The highest BCUT2D eigenvalue weighted by molar-refractivity contribution is 7.07. The predicted molar refractivity (Wildman–Crippen MR) is 73.6 cm³/mol. The molecule has 6 heteroatoms. The van der Waals surface area contributed by atoms with E-state index in [-0.39, 0.29) is 11.6 Å². The summed E-state index contributed by atoms with van der Waals surface area (Å²) in [6.45, 7) is 0.438. The van der Waals surface area contributed by atoms with Crippen molar-refractivity contribution in [2.75, 3.05) is 5.32 Å². The molecule has 0 unspecified atom stereocenters. The predicted octanol–water partition coefficient (Wildman–Crippen LogP) is 2.77. The van der Waals surface area contributed by atoms with Crippen molar-refractivity contribution in [2.24, 2.45) is 0 Å². The van der Waals surface area contributed by atoms with E-state index in [4.69, 9.17) is 5.11 Å². The van der Waals surface area contributed by atoms with E-state index in [0.717, 1.165) is 5.56 Å². The normalized spacial score (nSPS) is 9.89. The second-order valence-corrected chi connectivity index (χ2v) is 4.61. The standard InChI is InChI=1S/C13H12N2O3S/c16-12(17)10-2-1-3-11(6-10)15-13(18)14-7-9-4-5-19-8-9/h1-6,8H,7H2,(H,16,17)(H2,14,15,18). The molecule has 2 aromatic rings. The van der Waals surface area contributed by atoms with Crippen LogP contribution in [0.5, 0.6) is 0 Å². The van der Waals surface area contributed by atoms with Gasteiger partial charge in [-0.15, -0.1) is 0 Å². The van der Waals surface area contributed by atoms with Crippen LogP contribution in [-0.2, 0) is 6.54 Å². The van der Waals surface area contributed by atoms with E-state index in [1.54, 1.807) is 23.5 Å². The number of carbonyl (C=O) groups excluding carboxylic acids is 1. The number of hydrogen-bond acceptors (Lipinski definition) is 3. The number of rotatable bonds is 4. The van der Waals surface area contributed by atoms with Crippen LogP contribution >= 0.6 is 11.3 Å². The molecular weight excluding hydrogens is 264 g/mol. The molecule has 0 bridgehead atoms. The molecule has 0 aliphatic rings. The summed E-state index contributed by atoms with van der Waals surface area (Å²) in [4.78, 5) is 22.4. The highest BCUT2D eigenvalue weighted by Crippen LogP contribution is 2.10. The van der Waals surface area contributed by atoms with Crippen molar-refractivity contribution in [3.8, 4) is 0 Å². The lowest BCUT2D eigenvalue weighted by molar-refractivity contribution is 0.0697. The van der Waals surface area contributed by atoms with Crippen LogP contribution in [0.25, 0.3) is 0 Å². The van der Waals surface area contributed by atoms with E-state index in [2.05, 4.69) is 10.6 Å². The first kappa shape index (κ1) is 13.1. The van der Waals surface area contributed by atoms with E-state index >= 15 is 0 Å². The number of benzene rings is 1. The van der Waals surface area contributed by atoms with Crippen LogP contribution in [0.3, 0.4) is 0 Å².